The van der Waals surface area contributed by atoms with E-state index in [2.05, 4.69) is 63.7 Å². The topological polar surface area (TPSA) is 4.93 Å². The van der Waals surface area contributed by atoms with Gasteiger partial charge in [0.15, 0.2) is 0 Å². The van der Waals surface area contributed by atoms with Crippen molar-refractivity contribution in [2.24, 2.45) is 12.5 Å². The first-order valence-electron chi connectivity index (χ1n) is 4.71. The van der Waals surface area contributed by atoms with Crippen LogP contribution in [0.1, 0.15) is 33.4 Å². The molecule has 1 heteroatoms. The maximum absolute atomic E-state index is 2.31. The van der Waals surface area contributed by atoms with Crippen LogP contribution in [0.5, 0.6) is 0 Å². The molecular formula is C12H19N. The quantitative estimate of drug-likeness (QED) is 0.619. The van der Waals surface area contributed by atoms with Crippen molar-refractivity contribution in [1.29, 1.82) is 0 Å². The van der Waals surface area contributed by atoms with Crippen LogP contribution in [0, 0.1) is 5.41 Å². The zero-order chi connectivity index (χ0) is 10.1. The van der Waals surface area contributed by atoms with E-state index in [9.17, 15) is 0 Å². The first-order chi connectivity index (χ1) is 5.90. The Morgan fingerprint density at radius 1 is 1.38 bits per heavy atom. The number of allylic oxidation sites excluding steroid dienone is 2. The molecule has 0 N–H and O–H groups in total. The second-order valence-electron chi connectivity index (χ2n) is 4.70. The number of aromatic nitrogens is 1. The third-order valence-electron chi connectivity index (χ3n) is 2.00. The van der Waals surface area contributed by atoms with Crippen LogP contribution in [0.25, 0.3) is 5.57 Å². The molecule has 0 aromatic carbocycles. The Kier molecular flexibility index (Phi) is 2.65. The van der Waals surface area contributed by atoms with E-state index in [0.29, 0.717) is 0 Å². The van der Waals surface area contributed by atoms with Crippen LogP contribution in [0.4, 0.5) is 0 Å². The van der Waals surface area contributed by atoms with Crippen molar-refractivity contribution in [3.63, 3.8) is 0 Å². The summed E-state index contributed by atoms with van der Waals surface area (Å²) in [4.78, 5) is 0. The molecule has 1 rings (SSSR count). The van der Waals surface area contributed by atoms with Gasteiger partial charge >= 0.3 is 0 Å². The number of hydrogen-bond donors (Lipinski definition) is 0. The van der Waals surface area contributed by atoms with Gasteiger partial charge in [-0.1, -0.05) is 26.8 Å². The normalized spacial score (nSPS) is 13.5. The van der Waals surface area contributed by atoms with Crippen molar-refractivity contribution >= 4 is 5.57 Å². The maximum atomic E-state index is 2.31. The van der Waals surface area contributed by atoms with E-state index < -0.39 is 0 Å². The smallest absolute Gasteiger partial charge is 0.0430 e. The Bertz CT molecular complexity index is 310. The standard InChI is InChI=1S/C12H19N/c1-10(9-12(2,3)4)11-7-6-8-13(11)5/h6-9H,1-5H3/b10-9+. The Hall–Kier alpha value is -0.980. The van der Waals surface area contributed by atoms with Gasteiger partial charge in [-0.2, -0.15) is 0 Å². The lowest BCUT2D eigenvalue weighted by molar-refractivity contribution is 0.545. The van der Waals surface area contributed by atoms with Crippen LogP contribution in [0.3, 0.4) is 0 Å². The molecule has 1 nitrogen and oxygen atoms in total. The monoisotopic (exact) mass is 177 g/mol. The van der Waals surface area contributed by atoms with E-state index in [-0.39, 0.29) is 5.41 Å². The molecule has 0 fully saturated rings. The van der Waals surface area contributed by atoms with Gasteiger partial charge in [0, 0.05) is 18.9 Å². The summed E-state index contributed by atoms with van der Waals surface area (Å²) in [5.41, 5.74) is 2.91. The highest BCUT2D eigenvalue weighted by Crippen LogP contribution is 2.22. The molecule has 0 spiro atoms. The molecule has 0 saturated heterocycles. The Labute approximate surface area is 81.1 Å². The molecule has 0 bridgehead atoms. The van der Waals surface area contributed by atoms with Crippen LogP contribution >= 0.6 is 0 Å². The van der Waals surface area contributed by atoms with Crippen LogP contribution < -0.4 is 0 Å². The van der Waals surface area contributed by atoms with Gasteiger partial charge in [-0.15, -0.1) is 0 Å². The van der Waals surface area contributed by atoms with E-state index >= 15 is 0 Å². The van der Waals surface area contributed by atoms with Crippen molar-refractivity contribution in [1.82, 2.24) is 4.57 Å². The summed E-state index contributed by atoms with van der Waals surface area (Å²) in [6.45, 7) is 8.83. The summed E-state index contributed by atoms with van der Waals surface area (Å²) < 4.78 is 2.15. The van der Waals surface area contributed by atoms with Crippen molar-refractivity contribution < 1.29 is 0 Å². The third-order valence-corrected chi connectivity index (χ3v) is 2.00. The van der Waals surface area contributed by atoms with E-state index in [1.165, 1.54) is 11.3 Å². The highest BCUT2D eigenvalue weighted by Gasteiger charge is 2.08. The lowest BCUT2D eigenvalue weighted by atomic mass is 9.93. The summed E-state index contributed by atoms with van der Waals surface area (Å²) in [7, 11) is 2.08. The summed E-state index contributed by atoms with van der Waals surface area (Å²) in [6.07, 6.45) is 4.39. The lowest BCUT2D eigenvalue weighted by Crippen LogP contribution is -2.01. The van der Waals surface area contributed by atoms with Gasteiger partial charge in [0.25, 0.3) is 0 Å². The molecule has 1 aromatic rings. The largest absolute Gasteiger partial charge is 0.351 e. The fourth-order valence-corrected chi connectivity index (χ4v) is 1.59. The minimum atomic E-state index is 0.258. The zero-order valence-corrected chi connectivity index (χ0v) is 9.26. The lowest BCUT2D eigenvalue weighted by Gasteiger charge is -2.14. The zero-order valence-electron chi connectivity index (χ0n) is 9.26. The van der Waals surface area contributed by atoms with Gasteiger partial charge in [-0.25, -0.2) is 0 Å². The van der Waals surface area contributed by atoms with E-state index in [1.807, 2.05) is 0 Å². The summed E-state index contributed by atoms with van der Waals surface area (Å²) in [5, 5.41) is 0. The number of nitrogens with zero attached hydrogens (tertiary/aromatic N) is 1. The molecule has 0 aliphatic carbocycles. The molecule has 72 valence electrons. The first kappa shape index (κ1) is 10.1. The van der Waals surface area contributed by atoms with Crippen molar-refractivity contribution in [3.8, 4) is 0 Å². The Balaban J connectivity index is 2.98. The number of hydrogen-bond acceptors (Lipinski definition) is 0. The highest BCUT2D eigenvalue weighted by atomic mass is 14.9. The van der Waals surface area contributed by atoms with Gasteiger partial charge in [0.05, 0.1) is 0 Å². The van der Waals surface area contributed by atoms with Gasteiger partial charge in [0.1, 0.15) is 0 Å². The third kappa shape index (κ3) is 2.76. The molecule has 0 saturated carbocycles. The number of aryl methyl sites for hydroxylation is 1. The van der Waals surface area contributed by atoms with Crippen LogP contribution in [-0.2, 0) is 7.05 Å². The Morgan fingerprint density at radius 3 is 2.38 bits per heavy atom. The van der Waals surface area contributed by atoms with Crippen LogP contribution in [-0.4, -0.2) is 4.57 Å². The average Bonchev–Trinajstić information content (AvgIpc) is 2.30. The SMILES string of the molecule is C/C(=C\C(C)(C)C)c1cccn1C. The maximum Gasteiger partial charge on any atom is 0.0430 e. The molecule has 1 aromatic heterocycles. The molecule has 0 aliphatic heterocycles. The molecule has 13 heavy (non-hydrogen) atoms. The summed E-state index contributed by atoms with van der Waals surface area (Å²) in [5.74, 6) is 0. The van der Waals surface area contributed by atoms with Gasteiger partial charge < -0.3 is 4.57 Å². The predicted octanol–water partition coefficient (Wildman–Crippen LogP) is 3.47. The highest BCUT2D eigenvalue weighted by molar-refractivity contribution is 5.61. The Morgan fingerprint density at radius 2 is 2.00 bits per heavy atom. The minimum absolute atomic E-state index is 0.258. The predicted molar refractivity (Wildman–Crippen MR) is 58.5 cm³/mol. The van der Waals surface area contributed by atoms with Gasteiger partial charge in [-0.05, 0) is 30.0 Å². The van der Waals surface area contributed by atoms with Crippen LogP contribution in [0.15, 0.2) is 24.4 Å². The molecule has 0 atom stereocenters. The van der Waals surface area contributed by atoms with E-state index in [4.69, 9.17) is 0 Å². The summed E-state index contributed by atoms with van der Waals surface area (Å²) in [6, 6.07) is 4.23. The second kappa shape index (κ2) is 3.41. The first-order valence-corrected chi connectivity index (χ1v) is 4.71. The van der Waals surface area contributed by atoms with Crippen molar-refractivity contribution in [2.75, 3.05) is 0 Å². The molecule has 0 unspecified atom stereocenters. The minimum Gasteiger partial charge on any atom is -0.351 e. The summed E-state index contributed by atoms with van der Waals surface area (Å²) >= 11 is 0. The molecule has 1 heterocycles. The van der Waals surface area contributed by atoms with Gasteiger partial charge in [0.2, 0.25) is 0 Å². The fourth-order valence-electron chi connectivity index (χ4n) is 1.59. The molecule has 0 amide bonds. The van der Waals surface area contributed by atoms with Gasteiger partial charge in [-0.3, -0.25) is 0 Å². The average molecular weight is 177 g/mol. The van der Waals surface area contributed by atoms with Crippen LogP contribution in [0.2, 0.25) is 0 Å². The molecule has 0 aliphatic rings. The second-order valence-corrected chi connectivity index (χ2v) is 4.70. The molecule has 0 radical (unpaired) electrons. The number of rotatable bonds is 1. The fraction of sp³-hybridized carbons (Fsp3) is 0.500. The molecular weight excluding hydrogens is 158 g/mol. The van der Waals surface area contributed by atoms with Crippen molar-refractivity contribution in [3.05, 3.63) is 30.1 Å². The van der Waals surface area contributed by atoms with E-state index in [1.54, 1.807) is 0 Å². The van der Waals surface area contributed by atoms with Crippen molar-refractivity contribution in [2.45, 2.75) is 27.7 Å². The van der Waals surface area contributed by atoms with E-state index in [0.717, 1.165) is 0 Å².